The molecule has 0 saturated heterocycles. The number of rotatable bonds is 3. The van der Waals surface area contributed by atoms with Crippen LogP contribution in [0.4, 0.5) is 0 Å². The molecular weight excluding hydrogens is 236 g/mol. The van der Waals surface area contributed by atoms with Gasteiger partial charge in [-0.2, -0.15) is 0 Å². The summed E-state index contributed by atoms with van der Waals surface area (Å²) in [6.07, 6.45) is 2.04. The van der Waals surface area contributed by atoms with Gasteiger partial charge in [0.15, 0.2) is 0 Å². The number of carbonyl (C=O) groups excluding carboxylic acids is 2. The molecule has 1 aliphatic rings. The van der Waals surface area contributed by atoms with E-state index in [0.717, 1.165) is 18.4 Å². The van der Waals surface area contributed by atoms with Gasteiger partial charge < -0.3 is 14.6 Å². The first-order chi connectivity index (χ1) is 8.58. The van der Waals surface area contributed by atoms with Crippen molar-refractivity contribution in [3.05, 3.63) is 28.8 Å². The Balaban J connectivity index is 2.54. The highest BCUT2D eigenvalue weighted by Gasteiger charge is 2.29. The van der Waals surface area contributed by atoms with Crippen molar-refractivity contribution in [3.8, 4) is 5.75 Å². The van der Waals surface area contributed by atoms with Gasteiger partial charge in [-0.3, -0.25) is 0 Å². The number of aromatic hydroxyl groups is 1. The minimum absolute atomic E-state index is 0.00213. The van der Waals surface area contributed by atoms with Gasteiger partial charge in [0.1, 0.15) is 16.9 Å². The molecule has 0 atom stereocenters. The Morgan fingerprint density at radius 2 is 1.56 bits per heavy atom. The van der Waals surface area contributed by atoms with Crippen LogP contribution in [0.25, 0.3) is 0 Å². The molecule has 18 heavy (non-hydrogen) atoms. The minimum atomic E-state index is -0.667. The SMILES string of the molecule is COC(=O)c1cc(C2CC2)cc(C(=O)OC)c1O. The molecule has 0 radical (unpaired) electrons. The smallest absolute Gasteiger partial charge is 0.341 e. The molecule has 0 heterocycles. The molecule has 0 spiro atoms. The fourth-order valence-electron chi connectivity index (χ4n) is 1.84. The lowest BCUT2D eigenvalue weighted by molar-refractivity contribution is 0.0592. The average molecular weight is 250 g/mol. The molecule has 1 saturated carbocycles. The Bertz CT molecular complexity index is 465. The van der Waals surface area contributed by atoms with E-state index in [9.17, 15) is 14.7 Å². The minimum Gasteiger partial charge on any atom is -0.506 e. The summed E-state index contributed by atoms with van der Waals surface area (Å²) in [5.41, 5.74) is 0.859. The first-order valence-corrected chi connectivity index (χ1v) is 5.62. The maximum atomic E-state index is 11.6. The number of hydrogen-bond donors (Lipinski definition) is 1. The quantitative estimate of drug-likeness (QED) is 0.829. The van der Waals surface area contributed by atoms with Crippen LogP contribution in [0.1, 0.15) is 45.0 Å². The predicted molar refractivity (Wildman–Crippen MR) is 62.8 cm³/mol. The second-order valence-electron chi connectivity index (χ2n) is 4.22. The van der Waals surface area contributed by atoms with Gasteiger partial charge in [0.2, 0.25) is 0 Å². The molecule has 0 aliphatic heterocycles. The van der Waals surface area contributed by atoms with E-state index in [-0.39, 0.29) is 11.1 Å². The molecule has 2 rings (SSSR count). The van der Waals surface area contributed by atoms with Crippen LogP contribution < -0.4 is 0 Å². The van der Waals surface area contributed by atoms with Crippen molar-refractivity contribution in [1.29, 1.82) is 0 Å². The van der Waals surface area contributed by atoms with E-state index >= 15 is 0 Å². The summed E-state index contributed by atoms with van der Waals surface area (Å²) in [5.74, 6) is -1.38. The van der Waals surface area contributed by atoms with Crippen LogP contribution in [0.5, 0.6) is 5.75 Å². The highest BCUT2D eigenvalue weighted by Crippen LogP contribution is 2.42. The average Bonchev–Trinajstić information content (AvgIpc) is 3.21. The van der Waals surface area contributed by atoms with Crippen LogP contribution in [0, 0.1) is 0 Å². The molecule has 5 nitrogen and oxygen atoms in total. The van der Waals surface area contributed by atoms with Crippen molar-refractivity contribution in [2.24, 2.45) is 0 Å². The van der Waals surface area contributed by atoms with Gasteiger partial charge in [-0.1, -0.05) is 0 Å². The predicted octanol–water partition coefficient (Wildman–Crippen LogP) is 1.84. The Morgan fingerprint density at radius 3 is 1.89 bits per heavy atom. The zero-order chi connectivity index (χ0) is 13.3. The third-order valence-corrected chi connectivity index (χ3v) is 2.99. The number of phenols is 1. The number of benzene rings is 1. The van der Waals surface area contributed by atoms with Crippen molar-refractivity contribution >= 4 is 11.9 Å². The summed E-state index contributed by atoms with van der Waals surface area (Å²) >= 11 is 0. The highest BCUT2D eigenvalue weighted by molar-refractivity contribution is 6.00. The molecular formula is C13H14O5. The molecule has 96 valence electrons. The lowest BCUT2D eigenvalue weighted by Crippen LogP contribution is -2.08. The summed E-state index contributed by atoms with van der Waals surface area (Å²) < 4.78 is 9.18. The Kier molecular flexibility index (Phi) is 3.23. The Hall–Kier alpha value is -2.04. The third-order valence-electron chi connectivity index (χ3n) is 2.99. The lowest BCUT2D eigenvalue weighted by atomic mass is 10.0. The second-order valence-corrected chi connectivity index (χ2v) is 4.22. The standard InChI is InChI=1S/C13H14O5/c1-17-12(15)9-5-8(7-3-4-7)6-10(11(9)14)13(16)18-2/h5-7,14H,3-4H2,1-2H3. The summed E-state index contributed by atoms with van der Waals surface area (Å²) in [5, 5.41) is 9.92. The number of ether oxygens (including phenoxy) is 2. The maximum absolute atomic E-state index is 11.6. The summed E-state index contributed by atoms with van der Waals surface area (Å²) in [4.78, 5) is 23.1. The molecule has 5 heteroatoms. The topological polar surface area (TPSA) is 72.8 Å². The van der Waals surface area contributed by atoms with E-state index in [2.05, 4.69) is 9.47 Å². The zero-order valence-corrected chi connectivity index (χ0v) is 10.2. The number of phenolic OH excluding ortho intramolecular Hbond substituents is 1. The number of esters is 2. The van der Waals surface area contributed by atoms with E-state index in [1.54, 1.807) is 12.1 Å². The van der Waals surface area contributed by atoms with E-state index in [4.69, 9.17) is 0 Å². The van der Waals surface area contributed by atoms with Crippen molar-refractivity contribution in [3.63, 3.8) is 0 Å². The van der Waals surface area contributed by atoms with Gasteiger partial charge in [0.25, 0.3) is 0 Å². The number of carbonyl (C=O) groups is 2. The fraction of sp³-hybridized carbons (Fsp3) is 0.385. The maximum Gasteiger partial charge on any atom is 0.341 e. The van der Waals surface area contributed by atoms with Gasteiger partial charge in [-0.05, 0) is 36.5 Å². The molecule has 1 fully saturated rings. The first kappa shape index (κ1) is 12.4. The summed E-state index contributed by atoms with van der Waals surface area (Å²) in [6.45, 7) is 0. The zero-order valence-electron chi connectivity index (χ0n) is 10.2. The molecule has 1 aromatic rings. The Morgan fingerprint density at radius 1 is 1.11 bits per heavy atom. The Labute approximate surface area is 104 Å². The van der Waals surface area contributed by atoms with E-state index in [0.29, 0.717) is 5.92 Å². The number of methoxy groups -OCH3 is 2. The third kappa shape index (κ3) is 2.16. The van der Waals surface area contributed by atoms with Crippen molar-refractivity contribution < 1.29 is 24.2 Å². The van der Waals surface area contributed by atoms with Crippen LogP contribution in [0.3, 0.4) is 0 Å². The second kappa shape index (κ2) is 4.68. The number of hydrogen-bond acceptors (Lipinski definition) is 5. The molecule has 0 amide bonds. The van der Waals surface area contributed by atoms with Crippen LogP contribution in [0.15, 0.2) is 12.1 Å². The van der Waals surface area contributed by atoms with Crippen LogP contribution >= 0.6 is 0 Å². The molecule has 1 N–H and O–H groups in total. The van der Waals surface area contributed by atoms with Crippen LogP contribution in [-0.2, 0) is 9.47 Å². The van der Waals surface area contributed by atoms with Gasteiger partial charge in [0, 0.05) is 0 Å². The normalized spacial score (nSPS) is 14.1. The van der Waals surface area contributed by atoms with E-state index in [1.807, 2.05) is 0 Å². The van der Waals surface area contributed by atoms with Crippen molar-refractivity contribution in [2.75, 3.05) is 14.2 Å². The van der Waals surface area contributed by atoms with Gasteiger partial charge in [0.05, 0.1) is 14.2 Å². The van der Waals surface area contributed by atoms with E-state index < -0.39 is 17.7 Å². The van der Waals surface area contributed by atoms with Crippen molar-refractivity contribution in [2.45, 2.75) is 18.8 Å². The van der Waals surface area contributed by atoms with Crippen molar-refractivity contribution in [1.82, 2.24) is 0 Å². The van der Waals surface area contributed by atoms with E-state index in [1.165, 1.54) is 14.2 Å². The van der Waals surface area contributed by atoms with Gasteiger partial charge in [-0.15, -0.1) is 0 Å². The molecule has 1 aromatic carbocycles. The van der Waals surface area contributed by atoms with Gasteiger partial charge >= 0.3 is 11.9 Å². The largest absolute Gasteiger partial charge is 0.506 e. The molecule has 0 aromatic heterocycles. The highest BCUT2D eigenvalue weighted by atomic mass is 16.5. The molecule has 1 aliphatic carbocycles. The van der Waals surface area contributed by atoms with Gasteiger partial charge in [-0.25, -0.2) is 9.59 Å². The fourth-order valence-corrected chi connectivity index (χ4v) is 1.84. The monoisotopic (exact) mass is 250 g/mol. The molecule has 0 bridgehead atoms. The van der Waals surface area contributed by atoms with Crippen LogP contribution in [-0.4, -0.2) is 31.3 Å². The summed E-state index contributed by atoms with van der Waals surface area (Å²) in [6, 6.07) is 3.15. The molecule has 0 unspecified atom stereocenters. The first-order valence-electron chi connectivity index (χ1n) is 5.62. The van der Waals surface area contributed by atoms with Crippen LogP contribution in [0.2, 0.25) is 0 Å². The lowest BCUT2D eigenvalue weighted by Gasteiger charge is -2.10. The summed E-state index contributed by atoms with van der Waals surface area (Å²) in [7, 11) is 2.45.